The molecule has 0 spiro atoms. The van der Waals surface area contributed by atoms with Gasteiger partial charge in [-0.2, -0.15) is 5.26 Å². The minimum Gasteiger partial charge on any atom is -0.299 e. The molecule has 15 heavy (non-hydrogen) atoms. The highest BCUT2D eigenvalue weighted by Crippen LogP contribution is 2.53. The second-order valence-electron chi connectivity index (χ2n) is 4.79. The van der Waals surface area contributed by atoms with E-state index in [4.69, 9.17) is 5.26 Å². The van der Waals surface area contributed by atoms with Gasteiger partial charge in [-0.3, -0.25) is 9.59 Å². The van der Waals surface area contributed by atoms with Crippen LogP contribution >= 0.6 is 11.8 Å². The van der Waals surface area contributed by atoms with Crippen molar-refractivity contribution < 1.29 is 9.59 Å². The van der Waals surface area contributed by atoms with Gasteiger partial charge in [-0.15, -0.1) is 0 Å². The number of carbonyl (C=O) groups is 2. The van der Waals surface area contributed by atoms with Crippen LogP contribution < -0.4 is 0 Å². The van der Waals surface area contributed by atoms with Crippen LogP contribution in [0.1, 0.15) is 19.3 Å². The maximum absolute atomic E-state index is 11.9. The van der Waals surface area contributed by atoms with Crippen LogP contribution in [0, 0.1) is 34.3 Å². The number of carbonyl (C=O) groups excluding carboxylic acids is 2. The molecule has 4 heteroatoms. The van der Waals surface area contributed by atoms with Crippen LogP contribution in [0.5, 0.6) is 0 Å². The second-order valence-corrected chi connectivity index (χ2v) is 5.76. The standard InChI is InChI=1S/C11H11NO2S/c12-4-15-11-7-2-5-1-6(10(7)14)3-8(11)9(5)13/h5-8,11H,1-3H2. The molecule has 0 N–H and O–H groups in total. The number of thiocyanates is 1. The first kappa shape index (κ1) is 9.41. The van der Waals surface area contributed by atoms with Gasteiger partial charge in [0.15, 0.2) is 0 Å². The van der Waals surface area contributed by atoms with Gasteiger partial charge in [-0.1, -0.05) is 0 Å². The number of rotatable bonds is 1. The molecule has 4 fully saturated rings. The topological polar surface area (TPSA) is 57.9 Å². The molecule has 4 bridgehead atoms. The summed E-state index contributed by atoms with van der Waals surface area (Å²) in [5, 5.41) is 10.7. The van der Waals surface area contributed by atoms with E-state index in [1.807, 2.05) is 5.40 Å². The number of hydrogen-bond donors (Lipinski definition) is 0. The molecule has 0 heterocycles. The number of hydrogen-bond acceptors (Lipinski definition) is 4. The fourth-order valence-corrected chi connectivity index (χ4v) is 4.49. The van der Waals surface area contributed by atoms with E-state index >= 15 is 0 Å². The first-order chi connectivity index (χ1) is 7.22. The number of ketones is 2. The molecular formula is C11H11NO2S. The molecule has 4 rings (SSSR count). The van der Waals surface area contributed by atoms with Crippen molar-refractivity contribution in [2.75, 3.05) is 0 Å². The van der Waals surface area contributed by atoms with E-state index in [1.54, 1.807) is 0 Å². The summed E-state index contributed by atoms with van der Waals surface area (Å²) in [7, 11) is 0. The summed E-state index contributed by atoms with van der Waals surface area (Å²) in [5.41, 5.74) is 0. The molecule has 4 atom stereocenters. The third-order valence-corrected chi connectivity index (χ3v) is 5.20. The van der Waals surface area contributed by atoms with Gasteiger partial charge in [-0.25, -0.2) is 0 Å². The zero-order valence-electron chi connectivity index (χ0n) is 8.18. The number of Topliss-reactive ketones (excluding diaryl/α,β-unsaturated/α-hetero) is 2. The monoisotopic (exact) mass is 221 g/mol. The van der Waals surface area contributed by atoms with E-state index in [1.165, 1.54) is 0 Å². The molecule has 0 aromatic heterocycles. The van der Waals surface area contributed by atoms with Gasteiger partial charge < -0.3 is 0 Å². The van der Waals surface area contributed by atoms with Gasteiger partial charge in [0.1, 0.15) is 17.0 Å². The molecular weight excluding hydrogens is 210 g/mol. The molecule has 4 aliphatic rings. The van der Waals surface area contributed by atoms with E-state index in [0.29, 0.717) is 24.4 Å². The average molecular weight is 221 g/mol. The molecule has 3 nitrogen and oxygen atoms in total. The maximum atomic E-state index is 11.9. The molecule has 0 aliphatic heterocycles. The van der Waals surface area contributed by atoms with Crippen LogP contribution in [0.3, 0.4) is 0 Å². The molecule has 0 saturated heterocycles. The summed E-state index contributed by atoms with van der Waals surface area (Å²) in [6, 6.07) is 0. The summed E-state index contributed by atoms with van der Waals surface area (Å²) in [4.78, 5) is 23.9. The fraction of sp³-hybridized carbons (Fsp3) is 0.727. The lowest BCUT2D eigenvalue weighted by molar-refractivity contribution is -0.149. The van der Waals surface area contributed by atoms with E-state index < -0.39 is 0 Å². The van der Waals surface area contributed by atoms with Crippen LogP contribution in [0.2, 0.25) is 0 Å². The Labute approximate surface area is 92.2 Å². The van der Waals surface area contributed by atoms with E-state index in [0.717, 1.165) is 18.2 Å². The Morgan fingerprint density at radius 3 is 2.07 bits per heavy atom. The maximum Gasteiger partial charge on any atom is 0.140 e. The van der Waals surface area contributed by atoms with Crippen molar-refractivity contribution in [2.45, 2.75) is 24.5 Å². The number of nitriles is 1. The van der Waals surface area contributed by atoms with Crippen LogP contribution in [0.15, 0.2) is 0 Å². The Hall–Kier alpha value is -0.820. The first-order valence-corrected chi connectivity index (χ1v) is 6.22. The quantitative estimate of drug-likeness (QED) is 0.628. The SMILES string of the molecule is N#CSC1C2CC3CC(CC1C3=O)C2=O. The highest BCUT2D eigenvalue weighted by molar-refractivity contribution is 8.04. The van der Waals surface area contributed by atoms with Crippen molar-refractivity contribution in [1.29, 1.82) is 5.26 Å². The molecule has 0 amide bonds. The predicted octanol–water partition coefficient (Wildman–Crippen LogP) is 1.38. The van der Waals surface area contributed by atoms with Crippen molar-refractivity contribution in [3.8, 4) is 5.40 Å². The Balaban J connectivity index is 1.97. The minimum absolute atomic E-state index is 0.00477. The Morgan fingerprint density at radius 1 is 1.07 bits per heavy atom. The predicted molar refractivity (Wildman–Crippen MR) is 54.8 cm³/mol. The van der Waals surface area contributed by atoms with Crippen LogP contribution in [-0.4, -0.2) is 16.8 Å². The highest BCUT2D eigenvalue weighted by Gasteiger charge is 2.57. The van der Waals surface area contributed by atoms with Crippen LogP contribution in [-0.2, 0) is 9.59 Å². The highest BCUT2D eigenvalue weighted by atomic mass is 32.2. The van der Waals surface area contributed by atoms with Gasteiger partial charge in [0, 0.05) is 28.9 Å². The van der Waals surface area contributed by atoms with Gasteiger partial charge in [0.05, 0.1) is 0 Å². The minimum atomic E-state index is -0.0391. The zero-order chi connectivity index (χ0) is 10.6. The Kier molecular flexibility index (Phi) is 1.93. The van der Waals surface area contributed by atoms with E-state index in [-0.39, 0.29) is 28.9 Å². The summed E-state index contributed by atoms with van der Waals surface area (Å²) in [6.07, 6.45) is 2.21. The van der Waals surface area contributed by atoms with Gasteiger partial charge in [-0.05, 0) is 31.0 Å². The zero-order valence-corrected chi connectivity index (χ0v) is 9.00. The molecule has 78 valence electrons. The van der Waals surface area contributed by atoms with E-state index in [2.05, 4.69) is 0 Å². The Morgan fingerprint density at radius 2 is 1.60 bits per heavy atom. The third-order valence-electron chi connectivity index (χ3n) is 4.16. The fourth-order valence-electron chi connectivity index (χ4n) is 3.55. The van der Waals surface area contributed by atoms with Crippen molar-refractivity contribution in [1.82, 2.24) is 0 Å². The molecule has 0 radical (unpaired) electrons. The lowest BCUT2D eigenvalue weighted by atomic mass is 9.55. The van der Waals surface area contributed by atoms with Gasteiger partial charge >= 0.3 is 0 Å². The molecule has 4 unspecified atom stereocenters. The van der Waals surface area contributed by atoms with Crippen molar-refractivity contribution in [2.24, 2.45) is 23.7 Å². The first-order valence-electron chi connectivity index (χ1n) is 5.34. The van der Waals surface area contributed by atoms with Gasteiger partial charge in [0.2, 0.25) is 0 Å². The smallest absolute Gasteiger partial charge is 0.140 e. The lowest BCUT2D eigenvalue weighted by Crippen LogP contribution is -2.57. The number of nitrogens with zero attached hydrogens (tertiary/aromatic N) is 1. The largest absolute Gasteiger partial charge is 0.299 e. The van der Waals surface area contributed by atoms with Gasteiger partial charge in [0.25, 0.3) is 0 Å². The summed E-state index contributed by atoms with van der Waals surface area (Å²) < 4.78 is 0. The molecule has 4 aliphatic carbocycles. The third kappa shape index (κ3) is 1.13. The normalized spacial score (nSPS) is 47.0. The second kappa shape index (κ2) is 3.08. The van der Waals surface area contributed by atoms with Crippen molar-refractivity contribution >= 4 is 23.3 Å². The lowest BCUT2D eigenvalue weighted by Gasteiger charge is -2.50. The summed E-state index contributed by atoms with van der Waals surface area (Å²) >= 11 is 1.14. The van der Waals surface area contributed by atoms with Crippen LogP contribution in [0.25, 0.3) is 0 Å². The Bertz CT molecular complexity index is 359. The van der Waals surface area contributed by atoms with E-state index in [9.17, 15) is 9.59 Å². The summed E-state index contributed by atoms with van der Waals surface area (Å²) in [5.74, 6) is 0.897. The number of thioether (sulfide) groups is 1. The van der Waals surface area contributed by atoms with Crippen molar-refractivity contribution in [3.05, 3.63) is 0 Å². The van der Waals surface area contributed by atoms with Crippen LogP contribution in [0.4, 0.5) is 0 Å². The summed E-state index contributed by atoms with van der Waals surface area (Å²) in [6.45, 7) is 0. The molecule has 0 aromatic carbocycles. The molecule has 0 aromatic rings. The molecule has 4 saturated carbocycles. The van der Waals surface area contributed by atoms with Crippen molar-refractivity contribution in [3.63, 3.8) is 0 Å². The average Bonchev–Trinajstić information content (AvgIpc) is 2.21.